The van der Waals surface area contributed by atoms with Crippen LogP contribution >= 0.6 is 12.6 Å². The summed E-state index contributed by atoms with van der Waals surface area (Å²) in [7, 11) is 1.58. The summed E-state index contributed by atoms with van der Waals surface area (Å²) in [5.74, 6) is -0.255. The highest BCUT2D eigenvalue weighted by Gasteiger charge is 2.09. The first kappa shape index (κ1) is 14.4. The van der Waals surface area contributed by atoms with E-state index in [9.17, 15) is 9.18 Å². The summed E-state index contributed by atoms with van der Waals surface area (Å²) in [6.07, 6.45) is 0. The molecule has 0 amide bonds. The third kappa shape index (κ3) is 3.51. The first-order valence-electron chi connectivity index (χ1n) is 5.88. The molecule has 2 rings (SSSR count). The quantitative estimate of drug-likeness (QED) is 0.692. The highest BCUT2D eigenvalue weighted by Crippen LogP contribution is 2.16. The van der Waals surface area contributed by atoms with Crippen LogP contribution in [-0.4, -0.2) is 13.1 Å². The lowest BCUT2D eigenvalue weighted by Gasteiger charge is -2.06. The molecule has 104 valence electrons. The molecule has 0 heterocycles. The number of methoxy groups -OCH3 is 1. The van der Waals surface area contributed by atoms with Crippen LogP contribution in [0, 0.1) is 5.82 Å². The lowest BCUT2D eigenvalue weighted by Crippen LogP contribution is -2.05. The number of thiol groups is 1. The van der Waals surface area contributed by atoms with E-state index in [1.807, 2.05) is 0 Å². The van der Waals surface area contributed by atoms with Crippen LogP contribution in [0.3, 0.4) is 0 Å². The van der Waals surface area contributed by atoms with Crippen molar-refractivity contribution in [3.8, 4) is 5.75 Å². The van der Waals surface area contributed by atoms with Gasteiger partial charge in [0, 0.05) is 4.90 Å². The highest BCUT2D eigenvalue weighted by atomic mass is 32.1. The molecule has 3 nitrogen and oxygen atoms in total. The van der Waals surface area contributed by atoms with Gasteiger partial charge in [-0.3, -0.25) is 0 Å². The van der Waals surface area contributed by atoms with Gasteiger partial charge in [0.05, 0.1) is 12.7 Å². The number of hydrogen-bond acceptors (Lipinski definition) is 4. The average molecular weight is 292 g/mol. The van der Waals surface area contributed by atoms with E-state index >= 15 is 0 Å². The number of hydrogen-bond donors (Lipinski definition) is 1. The molecule has 2 aromatic rings. The molecule has 0 aliphatic heterocycles. The summed E-state index contributed by atoms with van der Waals surface area (Å²) in [6.45, 7) is 0.141. The van der Waals surface area contributed by atoms with E-state index in [2.05, 4.69) is 12.6 Å². The predicted octanol–water partition coefficient (Wildman–Crippen LogP) is 3.48. The van der Waals surface area contributed by atoms with Crippen molar-refractivity contribution in [2.24, 2.45) is 0 Å². The summed E-state index contributed by atoms with van der Waals surface area (Å²) in [5.41, 5.74) is 1.11. The molecule has 0 radical (unpaired) electrons. The second-order valence-electron chi connectivity index (χ2n) is 4.09. The number of carbonyl (C=O) groups is 1. The van der Waals surface area contributed by atoms with Gasteiger partial charge in [0.2, 0.25) is 0 Å². The first-order valence-corrected chi connectivity index (χ1v) is 6.33. The SMILES string of the molecule is COc1ccc(COC(=O)c2ccc(F)c(S)c2)cc1. The van der Waals surface area contributed by atoms with E-state index in [4.69, 9.17) is 9.47 Å². The van der Waals surface area contributed by atoms with Gasteiger partial charge in [0.25, 0.3) is 0 Å². The lowest BCUT2D eigenvalue weighted by atomic mass is 10.2. The Labute approximate surface area is 121 Å². The zero-order valence-corrected chi connectivity index (χ0v) is 11.7. The molecule has 0 saturated heterocycles. The highest BCUT2D eigenvalue weighted by molar-refractivity contribution is 7.80. The summed E-state index contributed by atoms with van der Waals surface area (Å²) >= 11 is 3.93. The van der Waals surface area contributed by atoms with Crippen molar-refractivity contribution in [3.05, 3.63) is 59.4 Å². The van der Waals surface area contributed by atoms with Crippen LogP contribution in [-0.2, 0) is 11.3 Å². The first-order chi connectivity index (χ1) is 9.60. The van der Waals surface area contributed by atoms with Gasteiger partial charge in [0.15, 0.2) is 0 Å². The number of esters is 1. The third-order valence-electron chi connectivity index (χ3n) is 2.71. The van der Waals surface area contributed by atoms with E-state index in [0.29, 0.717) is 0 Å². The fourth-order valence-electron chi connectivity index (χ4n) is 1.59. The van der Waals surface area contributed by atoms with E-state index in [0.717, 1.165) is 11.3 Å². The molecule has 0 aliphatic carbocycles. The molecule has 0 bridgehead atoms. The number of ether oxygens (including phenoxy) is 2. The minimum atomic E-state index is -0.517. The van der Waals surface area contributed by atoms with Crippen LogP contribution in [0.5, 0.6) is 5.75 Å². The van der Waals surface area contributed by atoms with Crippen molar-refractivity contribution in [1.29, 1.82) is 0 Å². The van der Waals surface area contributed by atoms with Gasteiger partial charge in [-0.2, -0.15) is 0 Å². The Kier molecular flexibility index (Phi) is 4.63. The Morgan fingerprint density at radius 2 is 1.90 bits per heavy atom. The van der Waals surface area contributed by atoms with Gasteiger partial charge in [-0.1, -0.05) is 12.1 Å². The molecule has 0 spiro atoms. The average Bonchev–Trinajstić information content (AvgIpc) is 2.48. The molecule has 5 heteroatoms. The lowest BCUT2D eigenvalue weighted by molar-refractivity contribution is 0.0472. The molecular weight excluding hydrogens is 279 g/mol. The Morgan fingerprint density at radius 1 is 1.20 bits per heavy atom. The fraction of sp³-hybridized carbons (Fsp3) is 0.133. The van der Waals surface area contributed by atoms with Crippen molar-refractivity contribution in [1.82, 2.24) is 0 Å². The maximum Gasteiger partial charge on any atom is 0.338 e. The van der Waals surface area contributed by atoms with Crippen molar-refractivity contribution in [2.75, 3.05) is 7.11 Å². The maximum absolute atomic E-state index is 13.0. The van der Waals surface area contributed by atoms with Crippen LogP contribution in [0.2, 0.25) is 0 Å². The number of halogens is 1. The standard InChI is InChI=1S/C15H13FO3S/c1-18-12-5-2-10(3-6-12)9-19-15(17)11-4-7-13(16)14(20)8-11/h2-8,20H,9H2,1H3. The van der Waals surface area contributed by atoms with Gasteiger partial charge in [0.1, 0.15) is 18.2 Å². The number of benzene rings is 2. The monoisotopic (exact) mass is 292 g/mol. The van der Waals surface area contributed by atoms with Gasteiger partial charge in [-0.15, -0.1) is 12.6 Å². The van der Waals surface area contributed by atoms with E-state index in [-0.39, 0.29) is 17.1 Å². The molecule has 0 aromatic heterocycles. The zero-order valence-electron chi connectivity index (χ0n) is 10.8. The van der Waals surface area contributed by atoms with Crippen LogP contribution in [0.15, 0.2) is 47.4 Å². The van der Waals surface area contributed by atoms with E-state index in [1.54, 1.807) is 31.4 Å². The Bertz CT molecular complexity index is 611. The van der Waals surface area contributed by atoms with Gasteiger partial charge >= 0.3 is 5.97 Å². The topological polar surface area (TPSA) is 35.5 Å². The van der Waals surface area contributed by atoms with E-state index in [1.165, 1.54) is 18.2 Å². The van der Waals surface area contributed by atoms with Gasteiger partial charge in [-0.25, -0.2) is 9.18 Å². The van der Waals surface area contributed by atoms with Gasteiger partial charge < -0.3 is 9.47 Å². The van der Waals surface area contributed by atoms with Gasteiger partial charge in [-0.05, 0) is 35.9 Å². The number of rotatable bonds is 4. The second kappa shape index (κ2) is 6.43. The summed E-state index contributed by atoms with van der Waals surface area (Å²) in [4.78, 5) is 11.9. The van der Waals surface area contributed by atoms with E-state index < -0.39 is 11.8 Å². The van der Waals surface area contributed by atoms with Crippen LogP contribution in [0.25, 0.3) is 0 Å². The molecular formula is C15H13FO3S. The smallest absolute Gasteiger partial charge is 0.338 e. The van der Waals surface area contributed by atoms with Crippen LogP contribution in [0.1, 0.15) is 15.9 Å². The maximum atomic E-state index is 13.0. The Hall–Kier alpha value is -2.01. The van der Waals surface area contributed by atoms with Crippen molar-refractivity contribution in [3.63, 3.8) is 0 Å². The third-order valence-corrected chi connectivity index (χ3v) is 3.05. The zero-order chi connectivity index (χ0) is 14.5. The second-order valence-corrected chi connectivity index (χ2v) is 4.57. The molecule has 20 heavy (non-hydrogen) atoms. The molecule has 0 saturated carbocycles. The summed E-state index contributed by atoms with van der Waals surface area (Å²) < 4.78 is 23.2. The normalized spacial score (nSPS) is 10.2. The number of carbonyl (C=O) groups excluding carboxylic acids is 1. The van der Waals surface area contributed by atoms with Crippen LogP contribution < -0.4 is 4.74 Å². The predicted molar refractivity (Wildman–Crippen MR) is 75.8 cm³/mol. The molecule has 0 atom stereocenters. The molecule has 0 fully saturated rings. The van der Waals surface area contributed by atoms with Crippen molar-refractivity contribution in [2.45, 2.75) is 11.5 Å². The fourth-order valence-corrected chi connectivity index (χ4v) is 1.81. The molecule has 2 aromatic carbocycles. The van der Waals surface area contributed by atoms with Crippen molar-refractivity contribution >= 4 is 18.6 Å². The Balaban J connectivity index is 1.98. The molecule has 0 aliphatic rings. The molecule has 0 unspecified atom stereocenters. The summed E-state index contributed by atoms with van der Waals surface area (Å²) in [5, 5.41) is 0. The largest absolute Gasteiger partial charge is 0.497 e. The molecule has 0 N–H and O–H groups in total. The summed E-state index contributed by atoms with van der Waals surface area (Å²) in [6, 6.07) is 11.1. The minimum absolute atomic E-state index is 0.115. The minimum Gasteiger partial charge on any atom is -0.497 e. The van der Waals surface area contributed by atoms with Crippen LogP contribution in [0.4, 0.5) is 4.39 Å². The Morgan fingerprint density at radius 3 is 2.50 bits per heavy atom. The van der Waals surface area contributed by atoms with Crippen molar-refractivity contribution < 1.29 is 18.7 Å².